The molecule has 0 heterocycles. The Morgan fingerprint density at radius 3 is 0.802 bits per heavy atom. The fraction of sp³-hybridized carbons (Fsp3) is 0.800. The highest BCUT2D eigenvalue weighted by atomic mass is 16.6. The predicted octanol–water partition coefficient (Wildman–Crippen LogP) is 24.4. The zero-order valence-corrected chi connectivity index (χ0v) is 54.1. The molecule has 0 aliphatic heterocycles. The molecule has 0 aromatic carbocycles. The molecule has 0 fully saturated rings. The van der Waals surface area contributed by atoms with Crippen LogP contribution in [0.3, 0.4) is 0 Å². The highest BCUT2D eigenvalue weighted by Crippen LogP contribution is 2.18. The van der Waals surface area contributed by atoms with Crippen LogP contribution < -0.4 is 0 Å². The van der Waals surface area contributed by atoms with Crippen molar-refractivity contribution in [1.29, 1.82) is 0 Å². The van der Waals surface area contributed by atoms with E-state index in [1.54, 1.807) is 0 Å². The Hall–Kier alpha value is -3.15. The van der Waals surface area contributed by atoms with Gasteiger partial charge in [-0.15, -0.1) is 0 Å². The molecule has 6 nitrogen and oxygen atoms in total. The predicted molar refractivity (Wildman–Crippen MR) is 353 cm³/mol. The van der Waals surface area contributed by atoms with Crippen LogP contribution in [0.1, 0.15) is 367 Å². The number of hydrogen-bond acceptors (Lipinski definition) is 6. The minimum Gasteiger partial charge on any atom is -0.462 e. The zero-order valence-electron chi connectivity index (χ0n) is 54.1. The molecule has 0 amide bonds. The third kappa shape index (κ3) is 67.5. The second-order valence-corrected chi connectivity index (χ2v) is 23.8. The molecular weight excluding hydrogens is 997 g/mol. The van der Waals surface area contributed by atoms with E-state index in [0.717, 1.165) is 89.9 Å². The first-order valence-electron chi connectivity index (χ1n) is 35.4. The summed E-state index contributed by atoms with van der Waals surface area (Å²) in [5.41, 5.74) is 0. The first kappa shape index (κ1) is 77.9. The third-order valence-corrected chi connectivity index (χ3v) is 15.7. The van der Waals surface area contributed by atoms with Crippen molar-refractivity contribution in [3.05, 3.63) is 72.9 Å². The average molecular weight is 1130 g/mol. The summed E-state index contributed by atoms with van der Waals surface area (Å²) in [5.74, 6) is -0.872. The first-order valence-corrected chi connectivity index (χ1v) is 35.4. The van der Waals surface area contributed by atoms with Gasteiger partial charge in [0.05, 0.1) is 0 Å². The lowest BCUT2D eigenvalue weighted by molar-refractivity contribution is -0.167. The molecule has 0 aliphatic rings. The van der Waals surface area contributed by atoms with E-state index in [-0.39, 0.29) is 31.1 Å². The Bertz CT molecular complexity index is 1490. The molecule has 1 atom stereocenters. The van der Waals surface area contributed by atoms with Crippen LogP contribution in [0, 0.1) is 0 Å². The SMILES string of the molecule is CC/C=C\C/C=C\C/C=C\C/C=C\CCCCCCCCCCCCC(=O)OC(COC(=O)CCCCCCC/C=C\CCCC)COC(=O)CCCCCCCCCCCCCCCCCCC/C=C\CCCCCCCCCC. The van der Waals surface area contributed by atoms with Gasteiger partial charge >= 0.3 is 17.9 Å². The van der Waals surface area contributed by atoms with Gasteiger partial charge in [0.1, 0.15) is 13.2 Å². The molecule has 470 valence electrons. The Morgan fingerprint density at radius 1 is 0.259 bits per heavy atom. The van der Waals surface area contributed by atoms with Gasteiger partial charge in [0.2, 0.25) is 0 Å². The van der Waals surface area contributed by atoms with E-state index in [9.17, 15) is 14.4 Å². The summed E-state index contributed by atoms with van der Waals surface area (Å²) in [6.07, 6.45) is 90.9. The Morgan fingerprint density at radius 2 is 0.494 bits per heavy atom. The maximum atomic E-state index is 12.9. The van der Waals surface area contributed by atoms with Crippen LogP contribution in [0.4, 0.5) is 0 Å². The number of carbonyl (C=O) groups excluding carboxylic acids is 3. The van der Waals surface area contributed by atoms with Gasteiger partial charge in [0.25, 0.3) is 0 Å². The zero-order chi connectivity index (χ0) is 58.5. The topological polar surface area (TPSA) is 78.9 Å². The van der Waals surface area contributed by atoms with Crippen molar-refractivity contribution in [3.63, 3.8) is 0 Å². The quantitative estimate of drug-likeness (QED) is 0.0261. The average Bonchev–Trinajstić information content (AvgIpc) is 3.47. The summed E-state index contributed by atoms with van der Waals surface area (Å²) in [6.45, 7) is 6.53. The summed E-state index contributed by atoms with van der Waals surface area (Å²) in [4.78, 5) is 38.4. The summed E-state index contributed by atoms with van der Waals surface area (Å²) in [5, 5.41) is 0. The lowest BCUT2D eigenvalue weighted by Gasteiger charge is -2.18. The molecule has 1 unspecified atom stereocenters. The van der Waals surface area contributed by atoms with Gasteiger partial charge in [0.15, 0.2) is 6.10 Å². The number of rotatable bonds is 65. The van der Waals surface area contributed by atoms with E-state index in [1.807, 2.05) is 0 Å². The Balaban J connectivity index is 4.18. The summed E-state index contributed by atoms with van der Waals surface area (Å²) < 4.78 is 17.0. The first-order chi connectivity index (χ1) is 40.0. The summed E-state index contributed by atoms with van der Waals surface area (Å²) >= 11 is 0. The van der Waals surface area contributed by atoms with Crippen LogP contribution in [0.15, 0.2) is 72.9 Å². The normalized spacial score (nSPS) is 12.5. The van der Waals surface area contributed by atoms with Gasteiger partial charge in [-0.1, -0.05) is 318 Å². The molecular formula is C75H134O6. The molecule has 0 bridgehead atoms. The molecule has 0 aliphatic carbocycles. The second-order valence-electron chi connectivity index (χ2n) is 23.8. The van der Waals surface area contributed by atoms with Crippen LogP contribution in [0.25, 0.3) is 0 Å². The molecule has 0 saturated carbocycles. The molecule has 6 heteroatoms. The molecule has 0 aromatic rings. The monoisotopic (exact) mass is 1130 g/mol. The van der Waals surface area contributed by atoms with E-state index >= 15 is 0 Å². The van der Waals surface area contributed by atoms with E-state index in [4.69, 9.17) is 14.2 Å². The summed E-state index contributed by atoms with van der Waals surface area (Å²) in [6, 6.07) is 0. The van der Waals surface area contributed by atoms with E-state index in [0.29, 0.717) is 19.3 Å². The Labute approximate surface area is 503 Å². The molecule has 0 N–H and O–H groups in total. The van der Waals surface area contributed by atoms with E-state index in [2.05, 4.69) is 93.7 Å². The number of carbonyl (C=O) groups is 3. The number of allylic oxidation sites excluding steroid dienone is 12. The Kier molecular flexibility index (Phi) is 66.6. The van der Waals surface area contributed by atoms with Gasteiger partial charge in [-0.05, 0) is 103 Å². The van der Waals surface area contributed by atoms with E-state index in [1.165, 1.54) is 238 Å². The summed E-state index contributed by atoms with van der Waals surface area (Å²) in [7, 11) is 0. The fourth-order valence-corrected chi connectivity index (χ4v) is 10.4. The molecule has 0 spiro atoms. The van der Waals surface area contributed by atoms with Crippen LogP contribution in [-0.4, -0.2) is 37.2 Å². The van der Waals surface area contributed by atoms with Crippen LogP contribution in [0.5, 0.6) is 0 Å². The van der Waals surface area contributed by atoms with Crippen molar-refractivity contribution in [2.75, 3.05) is 13.2 Å². The van der Waals surface area contributed by atoms with Gasteiger partial charge in [-0.3, -0.25) is 14.4 Å². The van der Waals surface area contributed by atoms with Crippen molar-refractivity contribution < 1.29 is 28.6 Å². The van der Waals surface area contributed by atoms with Gasteiger partial charge in [-0.25, -0.2) is 0 Å². The highest BCUT2D eigenvalue weighted by Gasteiger charge is 2.19. The maximum Gasteiger partial charge on any atom is 0.306 e. The number of hydrogen-bond donors (Lipinski definition) is 0. The fourth-order valence-electron chi connectivity index (χ4n) is 10.4. The van der Waals surface area contributed by atoms with Crippen LogP contribution in [-0.2, 0) is 28.6 Å². The lowest BCUT2D eigenvalue weighted by Crippen LogP contribution is -2.30. The molecule has 0 radical (unpaired) electrons. The number of ether oxygens (including phenoxy) is 3. The van der Waals surface area contributed by atoms with Crippen molar-refractivity contribution in [1.82, 2.24) is 0 Å². The highest BCUT2D eigenvalue weighted by molar-refractivity contribution is 5.71. The van der Waals surface area contributed by atoms with Crippen molar-refractivity contribution in [3.8, 4) is 0 Å². The lowest BCUT2D eigenvalue weighted by atomic mass is 10.0. The molecule has 0 aromatic heterocycles. The minimum absolute atomic E-state index is 0.0765. The second kappa shape index (κ2) is 69.3. The molecule has 0 rings (SSSR count). The molecule has 81 heavy (non-hydrogen) atoms. The maximum absolute atomic E-state index is 12.9. The van der Waals surface area contributed by atoms with Crippen molar-refractivity contribution in [2.45, 2.75) is 374 Å². The minimum atomic E-state index is -0.781. The number of unbranched alkanes of at least 4 members (excludes halogenated alkanes) is 42. The van der Waals surface area contributed by atoms with E-state index < -0.39 is 6.10 Å². The van der Waals surface area contributed by atoms with Crippen LogP contribution >= 0.6 is 0 Å². The van der Waals surface area contributed by atoms with Crippen molar-refractivity contribution in [2.24, 2.45) is 0 Å². The third-order valence-electron chi connectivity index (χ3n) is 15.7. The standard InChI is InChI=1S/C75H134O6/c1-4-7-10-13-16-19-22-24-26-28-30-32-34-35-36-37-38-39-41-42-44-46-48-50-53-56-59-62-65-68-74(77)80-71-72(70-79-73(76)67-64-61-58-55-52-21-18-15-12-9-6-3)81-75(78)69-66-63-60-57-54-51-49-47-45-43-40-33-31-29-27-25-23-20-17-14-11-8-5-2/h8,11,15,17-18,20,25,27-28,30-31,33,72H,4-7,9-10,12-14,16,19,21-24,26,29,32,34-71H2,1-3H3/b11-8-,18-15-,20-17-,27-25-,30-28-,33-31-. The van der Waals surface area contributed by atoms with Gasteiger partial charge < -0.3 is 14.2 Å². The van der Waals surface area contributed by atoms with Gasteiger partial charge in [0, 0.05) is 19.3 Å². The largest absolute Gasteiger partial charge is 0.462 e. The van der Waals surface area contributed by atoms with Crippen LogP contribution in [0.2, 0.25) is 0 Å². The van der Waals surface area contributed by atoms with Crippen molar-refractivity contribution >= 4 is 17.9 Å². The molecule has 0 saturated heterocycles. The smallest absolute Gasteiger partial charge is 0.306 e. The van der Waals surface area contributed by atoms with Gasteiger partial charge in [-0.2, -0.15) is 0 Å². The number of esters is 3.